The highest BCUT2D eigenvalue weighted by Gasteiger charge is 2.29. The number of benzene rings is 1. The Kier molecular flexibility index (Phi) is 17.5. The minimum absolute atomic E-state index is 0.0819. The molecule has 0 saturated carbocycles. The van der Waals surface area contributed by atoms with E-state index in [-0.39, 0.29) is 24.9 Å². The van der Waals surface area contributed by atoms with Crippen LogP contribution >= 0.6 is 0 Å². The molecule has 0 saturated heterocycles. The molecule has 13 heteroatoms. The van der Waals surface area contributed by atoms with Gasteiger partial charge in [0.05, 0.1) is 6.04 Å². The number of hydrogen-bond donors (Lipinski definition) is 6. The number of carbonyl (C=O) groups is 4. The molecule has 1 aromatic carbocycles. The molecule has 13 nitrogen and oxygen atoms in total. The lowest BCUT2D eigenvalue weighted by Gasteiger charge is -2.25. The molecule has 3 atom stereocenters. The number of aliphatic imine (C=N–C) groups is 1. The SMILES string of the molecule is CN=C(N)NCCC[C@@H](NC(=O)[C@H](N)CCCCNC(=O)OC(C)(C)C)C(=O)N[C@@H](CC(C)C)C(=O)OCc1ccccc1. The van der Waals surface area contributed by atoms with Crippen molar-refractivity contribution in [1.82, 2.24) is 21.3 Å². The summed E-state index contributed by atoms with van der Waals surface area (Å²) in [5, 5.41) is 11.1. The van der Waals surface area contributed by atoms with Gasteiger partial charge in [-0.1, -0.05) is 44.2 Å². The molecular weight excluding hydrogens is 566 g/mol. The van der Waals surface area contributed by atoms with E-state index in [9.17, 15) is 19.2 Å². The van der Waals surface area contributed by atoms with Crippen LogP contribution in [0.5, 0.6) is 0 Å². The Balaban J connectivity index is 2.78. The molecule has 0 fully saturated rings. The van der Waals surface area contributed by atoms with Gasteiger partial charge in [-0.3, -0.25) is 14.6 Å². The standard InChI is InChI=1S/C31H53N7O6/c1-21(2)19-25(28(41)43-20-22-13-8-7-9-14-22)38-27(40)24(16-12-18-35-29(33)34-6)37-26(39)23(32)15-10-11-17-36-30(42)44-31(3,4)5/h7-9,13-14,21,23-25H,10-12,15-20,32H2,1-6H3,(H,36,42)(H,37,39)(H,38,40)(H3,33,34,35)/t23-,24-,25+/m1/s1. The highest BCUT2D eigenvalue weighted by Crippen LogP contribution is 2.11. The highest BCUT2D eigenvalue weighted by molar-refractivity contribution is 5.92. The molecule has 0 aliphatic carbocycles. The molecule has 0 radical (unpaired) electrons. The van der Waals surface area contributed by atoms with E-state index < -0.39 is 47.6 Å². The van der Waals surface area contributed by atoms with Crippen LogP contribution in [0.1, 0.15) is 78.7 Å². The summed E-state index contributed by atoms with van der Waals surface area (Å²) < 4.78 is 10.7. The largest absolute Gasteiger partial charge is 0.459 e. The zero-order chi connectivity index (χ0) is 33.1. The zero-order valence-corrected chi connectivity index (χ0v) is 27.1. The number of nitrogens with two attached hydrogens (primary N) is 2. The molecule has 0 aromatic heterocycles. The maximum Gasteiger partial charge on any atom is 0.407 e. The van der Waals surface area contributed by atoms with Crippen molar-refractivity contribution in [2.45, 2.75) is 103 Å². The number of nitrogens with zero attached hydrogens (tertiary/aromatic N) is 1. The third-order valence-corrected chi connectivity index (χ3v) is 6.33. The number of ether oxygens (including phenoxy) is 2. The topological polar surface area (TPSA) is 199 Å². The van der Waals surface area contributed by atoms with E-state index in [0.29, 0.717) is 45.2 Å². The van der Waals surface area contributed by atoms with Gasteiger partial charge in [-0.25, -0.2) is 9.59 Å². The number of amides is 3. The summed E-state index contributed by atoms with van der Waals surface area (Å²) in [6.07, 6.45) is 2.12. The summed E-state index contributed by atoms with van der Waals surface area (Å²) >= 11 is 0. The third kappa shape index (κ3) is 17.3. The number of alkyl carbamates (subject to hydrolysis) is 1. The zero-order valence-electron chi connectivity index (χ0n) is 27.1. The van der Waals surface area contributed by atoms with Gasteiger partial charge in [0.25, 0.3) is 0 Å². The van der Waals surface area contributed by atoms with E-state index in [2.05, 4.69) is 26.3 Å². The van der Waals surface area contributed by atoms with Crippen LogP contribution in [0.2, 0.25) is 0 Å². The number of unbranched alkanes of at least 4 members (excludes halogenated alkanes) is 1. The number of rotatable bonds is 18. The van der Waals surface area contributed by atoms with Crippen molar-refractivity contribution < 1.29 is 28.7 Å². The van der Waals surface area contributed by atoms with Gasteiger partial charge in [0, 0.05) is 20.1 Å². The molecule has 1 aromatic rings. The second-order valence-electron chi connectivity index (χ2n) is 12.1. The molecule has 0 aliphatic heterocycles. The minimum Gasteiger partial charge on any atom is -0.459 e. The fourth-order valence-electron chi connectivity index (χ4n) is 4.06. The maximum atomic E-state index is 13.4. The summed E-state index contributed by atoms with van der Waals surface area (Å²) in [6, 6.07) is 6.57. The second kappa shape index (κ2) is 20.2. The molecule has 0 heterocycles. The summed E-state index contributed by atoms with van der Waals surface area (Å²) in [7, 11) is 1.56. The summed E-state index contributed by atoms with van der Waals surface area (Å²) in [6.45, 7) is 10.1. The molecule has 0 spiro atoms. The Morgan fingerprint density at radius 3 is 2.14 bits per heavy atom. The maximum absolute atomic E-state index is 13.4. The van der Waals surface area contributed by atoms with E-state index in [1.165, 1.54) is 0 Å². The number of guanidine groups is 1. The van der Waals surface area contributed by atoms with Crippen molar-refractivity contribution in [3.05, 3.63) is 35.9 Å². The van der Waals surface area contributed by atoms with Crippen LogP contribution in [0.25, 0.3) is 0 Å². The smallest absolute Gasteiger partial charge is 0.407 e. The molecule has 0 aliphatic rings. The normalized spacial score (nSPS) is 13.8. The molecular formula is C31H53N7O6. The van der Waals surface area contributed by atoms with E-state index >= 15 is 0 Å². The van der Waals surface area contributed by atoms with E-state index in [1.807, 2.05) is 44.2 Å². The molecule has 0 bridgehead atoms. The molecule has 0 unspecified atom stereocenters. The van der Waals surface area contributed by atoms with Gasteiger partial charge < -0.3 is 42.2 Å². The van der Waals surface area contributed by atoms with Crippen LogP contribution in [0, 0.1) is 5.92 Å². The number of esters is 1. The Bertz CT molecular complexity index is 1060. The van der Waals surface area contributed by atoms with Gasteiger partial charge >= 0.3 is 12.1 Å². The van der Waals surface area contributed by atoms with Crippen LogP contribution in [-0.2, 0) is 30.5 Å². The van der Waals surface area contributed by atoms with Gasteiger partial charge in [-0.2, -0.15) is 0 Å². The van der Waals surface area contributed by atoms with Crippen molar-refractivity contribution >= 4 is 29.8 Å². The molecule has 1 rings (SSSR count). The van der Waals surface area contributed by atoms with E-state index in [0.717, 1.165) is 5.56 Å². The number of hydrogen-bond acceptors (Lipinski definition) is 8. The van der Waals surface area contributed by atoms with E-state index in [1.54, 1.807) is 27.8 Å². The minimum atomic E-state index is -0.944. The van der Waals surface area contributed by atoms with Crippen LogP contribution in [-0.4, -0.2) is 73.7 Å². The Morgan fingerprint density at radius 2 is 1.52 bits per heavy atom. The quantitative estimate of drug-likeness (QED) is 0.0616. The Labute approximate surface area is 261 Å². The summed E-state index contributed by atoms with van der Waals surface area (Å²) in [4.78, 5) is 55.0. The van der Waals surface area contributed by atoms with Gasteiger partial charge in [0.2, 0.25) is 11.8 Å². The average molecular weight is 620 g/mol. The summed E-state index contributed by atoms with van der Waals surface area (Å²) in [5.41, 5.74) is 12.1. The van der Waals surface area contributed by atoms with Gasteiger partial charge in [0.1, 0.15) is 24.3 Å². The highest BCUT2D eigenvalue weighted by atomic mass is 16.6. The molecule has 8 N–H and O–H groups in total. The predicted molar refractivity (Wildman–Crippen MR) is 170 cm³/mol. The lowest BCUT2D eigenvalue weighted by molar-refractivity contribution is -0.149. The fraction of sp³-hybridized carbons (Fsp3) is 0.645. The first-order valence-electron chi connectivity index (χ1n) is 15.2. The first kappa shape index (κ1) is 38.2. The van der Waals surface area contributed by atoms with Crippen LogP contribution in [0.3, 0.4) is 0 Å². The second-order valence-corrected chi connectivity index (χ2v) is 12.1. The third-order valence-electron chi connectivity index (χ3n) is 6.33. The monoisotopic (exact) mass is 619 g/mol. The van der Waals surface area contributed by atoms with Crippen LogP contribution < -0.4 is 32.7 Å². The Morgan fingerprint density at radius 1 is 0.886 bits per heavy atom. The molecule has 44 heavy (non-hydrogen) atoms. The lowest BCUT2D eigenvalue weighted by Crippen LogP contribution is -2.55. The molecule has 3 amide bonds. The Hall–Kier alpha value is -3.87. The van der Waals surface area contributed by atoms with Crippen LogP contribution in [0.15, 0.2) is 35.3 Å². The van der Waals surface area contributed by atoms with Crippen molar-refractivity contribution in [3.63, 3.8) is 0 Å². The number of nitrogens with one attached hydrogen (secondary N) is 4. The predicted octanol–water partition coefficient (Wildman–Crippen LogP) is 2.08. The van der Waals surface area contributed by atoms with Crippen LogP contribution in [0.4, 0.5) is 4.79 Å². The van der Waals surface area contributed by atoms with Crippen molar-refractivity contribution in [2.24, 2.45) is 22.4 Å². The molecule has 248 valence electrons. The van der Waals surface area contributed by atoms with Gasteiger partial charge in [-0.15, -0.1) is 0 Å². The van der Waals surface area contributed by atoms with E-state index in [4.69, 9.17) is 20.9 Å². The first-order valence-corrected chi connectivity index (χ1v) is 15.2. The lowest BCUT2D eigenvalue weighted by atomic mass is 10.0. The number of carbonyl (C=O) groups excluding carboxylic acids is 4. The fourth-order valence-corrected chi connectivity index (χ4v) is 4.06. The average Bonchev–Trinajstić information content (AvgIpc) is 2.95. The van der Waals surface area contributed by atoms with Crippen molar-refractivity contribution in [2.75, 3.05) is 20.1 Å². The van der Waals surface area contributed by atoms with Gasteiger partial charge in [0.15, 0.2) is 5.96 Å². The van der Waals surface area contributed by atoms with Crippen molar-refractivity contribution in [1.29, 1.82) is 0 Å². The van der Waals surface area contributed by atoms with Gasteiger partial charge in [-0.05, 0) is 70.8 Å². The van der Waals surface area contributed by atoms with Crippen molar-refractivity contribution in [3.8, 4) is 0 Å². The summed E-state index contributed by atoms with van der Waals surface area (Å²) in [5.74, 6) is -1.19. The first-order chi connectivity index (χ1) is 20.7.